The van der Waals surface area contributed by atoms with E-state index in [2.05, 4.69) is 39.7 Å². The summed E-state index contributed by atoms with van der Waals surface area (Å²) in [5.74, 6) is 0.612. The van der Waals surface area contributed by atoms with Crippen LogP contribution >= 0.6 is 23.8 Å². The molecule has 1 aliphatic rings. The number of aryl methyl sites for hydroxylation is 1. The summed E-state index contributed by atoms with van der Waals surface area (Å²) in [5, 5.41) is 4.65. The molecule has 0 spiro atoms. The Morgan fingerprint density at radius 1 is 1.06 bits per heavy atom. The minimum atomic E-state index is -0.128. The van der Waals surface area contributed by atoms with Crippen LogP contribution in [-0.2, 0) is 16.0 Å². The van der Waals surface area contributed by atoms with Crippen LogP contribution in [0.2, 0.25) is 5.02 Å². The fourth-order valence-electron chi connectivity index (χ4n) is 4.59. The highest BCUT2D eigenvalue weighted by Gasteiger charge is 2.42. The van der Waals surface area contributed by atoms with Crippen molar-refractivity contribution in [1.82, 2.24) is 14.9 Å². The molecule has 1 N–H and O–H groups in total. The number of hydrogen-bond acceptors (Lipinski definition) is 5. The Hall–Kier alpha value is -2.65. The van der Waals surface area contributed by atoms with Gasteiger partial charge in [0.05, 0.1) is 36.0 Å². The van der Waals surface area contributed by atoms with E-state index in [0.29, 0.717) is 35.7 Å². The Kier molecular flexibility index (Phi) is 8.28. The minimum absolute atomic E-state index is 0.115. The second-order valence-electron chi connectivity index (χ2n) is 8.42. The van der Waals surface area contributed by atoms with Crippen molar-refractivity contribution < 1.29 is 14.2 Å². The number of nitrogens with one attached hydrogen (secondary N) is 1. The molecule has 1 aromatic carbocycles. The van der Waals surface area contributed by atoms with Crippen molar-refractivity contribution in [3.8, 4) is 5.75 Å². The summed E-state index contributed by atoms with van der Waals surface area (Å²) in [6.07, 6.45) is 1.81. The van der Waals surface area contributed by atoms with E-state index in [1.54, 1.807) is 14.2 Å². The lowest BCUT2D eigenvalue weighted by molar-refractivity contribution is 0.146. The Morgan fingerprint density at radius 2 is 1.86 bits per heavy atom. The molecule has 9 heteroatoms. The van der Waals surface area contributed by atoms with E-state index in [1.165, 1.54) is 17.0 Å². The quantitative estimate of drug-likeness (QED) is 0.301. The normalized spacial score (nSPS) is 17.6. The van der Waals surface area contributed by atoms with Gasteiger partial charge in [0, 0.05) is 44.0 Å². The largest absolute Gasteiger partial charge is 0.490 e. The van der Waals surface area contributed by atoms with Gasteiger partial charge in [-0.1, -0.05) is 17.7 Å². The standard InChI is InChI=1S/C26H31ClN4O3S/c1-17-15-20(18(2)30(17)11-12-32-3)25-24(22-7-5-6-10-28-22)29-26(35)31(25)19-8-9-23(21(27)16-19)34-14-13-33-4/h5-10,15-16,24-25H,11-14H2,1-4H3,(H,29,35)/t24-,25+/m1/s1. The van der Waals surface area contributed by atoms with Gasteiger partial charge in [0.25, 0.3) is 0 Å². The maximum absolute atomic E-state index is 6.61. The first kappa shape index (κ1) is 25.4. The fraction of sp³-hybridized carbons (Fsp3) is 0.385. The predicted octanol–water partition coefficient (Wildman–Crippen LogP) is 5.00. The third kappa shape index (κ3) is 5.30. The van der Waals surface area contributed by atoms with E-state index >= 15 is 0 Å². The van der Waals surface area contributed by atoms with Crippen LogP contribution in [0, 0.1) is 13.8 Å². The summed E-state index contributed by atoms with van der Waals surface area (Å²) in [4.78, 5) is 6.77. The molecule has 1 aliphatic heterocycles. The summed E-state index contributed by atoms with van der Waals surface area (Å²) in [6, 6.07) is 13.7. The molecule has 0 radical (unpaired) electrons. The van der Waals surface area contributed by atoms with Crippen molar-refractivity contribution in [3.05, 3.63) is 76.3 Å². The first-order valence-electron chi connectivity index (χ1n) is 11.5. The van der Waals surface area contributed by atoms with Crippen molar-refractivity contribution in [2.45, 2.75) is 32.5 Å². The molecular formula is C26H31ClN4O3S. The van der Waals surface area contributed by atoms with Crippen LogP contribution in [0.1, 0.15) is 34.7 Å². The molecule has 4 rings (SSSR count). The second-order valence-corrected chi connectivity index (χ2v) is 9.22. The summed E-state index contributed by atoms with van der Waals surface area (Å²) < 4.78 is 18.4. The van der Waals surface area contributed by atoms with E-state index in [1.807, 2.05) is 42.6 Å². The van der Waals surface area contributed by atoms with E-state index in [-0.39, 0.29) is 12.1 Å². The first-order chi connectivity index (χ1) is 17.0. The molecule has 2 aromatic heterocycles. The topological polar surface area (TPSA) is 60.8 Å². The molecule has 0 unspecified atom stereocenters. The zero-order valence-corrected chi connectivity index (χ0v) is 22.0. The van der Waals surface area contributed by atoms with Crippen LogP contribution in [0.25, 0.3) is 0 Å². The molecule has 3 heterocycles. The number of halogens is 1. The molecule has 0 bridgehead atoms. The SMILES string of the molecule is COCCOc1ccc(N2C(=S)N[C@H](c3ccccn3)[C@@H]2c2cc(C)n(CCOC)c2C)cc1Cl. The fourth-order valence-corrected chi connectivity index (χ4v) is 5.17. The molecule has 0 saturated carbocycles. The minimum Gasteiger partial charge on any atom is -0.490 e. The Labute approximate surface area is 217 Å². The number of ether oxygens (including phenoxy) is 3. The van der Waals surface area contributed by atoms with E-state index in [9.17, 15) is 0 Å². The smallest absolute Gasteiger partial charge is 0.174 e. The third-order valence-corrected chi connectivity index (χ3v) is 6.90. The summed E-state index contributed by atoms with van der Waals surface area (Å²) >= 11 is 12.5. The number of anilines is 1. The van der Waals surface area contributed by atoms with Crippen LogP contribution in [0.3, 0.4) is 0 Å². The number of rotatable bonds is 10. The summed E-state index contributed by atoms with van der Waals surface area (Å²) in [6.45, 7) is 6.61. The molecule has 7 nitrogen and oxygen atoms in total. The van der Waals surface area contributed by atoms with Gasteiger partial charge >= 0.3 is 0 Å². The number of thiocarbonyl (C=S) groups is 1. The van der Waals surface area contributed by atoms with Crippen molar-refractivity contribution in [2.24, 2.45) is 0 Å². The van der Waals surface area contributed by atoms with E-state index in [4.69, 9.17) is 38.0 Å². The van der Waals surface area contributed by atoms with Gasteiger partial charge in [-0.3, -0.25) is 4.98 Å². The Balaban J connectivity index is 1.76. The van der Waals surface area contributed by atoms with Gasteiger partial charge in [-0.05, 0) is 68.0 Å². The maximum Gasteiger partial charge on any atom is 0.174 e. The lowest BCUT2D eigenvalue weighted by atomic mass is 9.96. The van der Waals surface area contributed by atoms with Crippen LogP contribution in [-0.4, -0.2) is 48.7 Å². The average molecular weight is 515 g/mol. The van der Waals surface area contributed by atoms with Crippen molar-refractivity contribution >= 4 is 34.6 Å². The molecule has 0 aliphatic carbocycles. The molecule has 1 fully saturated rings. The third-order valence-electron chi connectivity index (χ3n) is 6.29. The Morgan fingerprint density at radius 3 is 2.54 bits per heavy atom. The van der Waals surface area contributed by atoms with Crippen LogP contribution in [0.15, 0.2) is 48.7 Å². The molecule has 0 amide bonds. The molecular weight excluding hydrogens is 484 g/mol. The number of nitrogens with zero attached hydrogens (tertiary/aromatic N) is 3. The zero-order chi connectivity index (χ0) is 24.9. The Bertz CT molecular complexity index is 1170. The monoisotopic (exact) mass is 514 g/mol. The number of benzene rings is 1. The first-order valence-corrected chi connectivity index (χ1v) is 12.3. The van der Waals surface area contributed by atoms with Crippen LogP contribution in [0.4, 0.5) is 5.69 Å². The number of aromatic nitrogens is 2. The molecule has 3 aromatic rings. The highest BCUT2D eigenvalue weighted by Crippen LogP contribution is 2.44. The van der Waals surface area contributed by atoms with Gasteiger partial charge in [-0.25, -0.2) is 0 Å². The molecule has 1 saturated heterocycles. The maximum atomic E-state index is 6.61. The predicted molar refractivity (Wildman–Crippen MR) is 143 cm³/mol. The van der Waals surface area contributed by atoms with Gasteiger partial charge in [-0.15, -0.1) is 0 Å². The van der Waals surface area contributed by atoms with Crippen LogP contribution in [0.5, 0.6) is 5.75 Å². The van der Waals surface area contributed by atoms with E-state index < -0.39 is 0 Å². The van der Waals surface area contributed by atoms with Gasteiger partial charge < -0.3 is 29.0 Å². The lowest BCUT2D eigenvalue weighted by Crippen LogP contribution is -2.29. The van der Waals surface area contributed by atoms with E-state index in [0.717, 1.165) is 17.9 Å². The highest BCUT2D eigenvalue weighted by atomic mass is 35.5. The summed E-state index contributed by atoms with van der Waals surface area (Å²) in [5.41, 5.74) is 5.34. The van der Waals surface area contributed by atoms with Gasteiger partial charge in [0.15, 0.2) is 5.11 Å². The van der Waals surface area contributed by atoms with Gasteiger partial charge in [-0.2, -0.15) is 0 Å². The second kappa shape index (κ2) is 11.4. The number of pyridine rings is 1. The van der Waals surface area contributed by atoms with Crippen molar-refractivity contribution in [1.29, 1.82) is 0 Å². The van der Waals surface area contributed by atoms with Gasteiger partial charge in [0.1, 0.15) is 12.4 Å². The van der Waals surface area contributed by atoms with Crippen molar-refractivity contribution in [2.75, 3.05) is 38.9 Å². The lowest BCUT2D eigenvalue weighted by Gasteiger charge is -2.28. The molecule has 35 heavy (non-hydrogen) atoms. The molecule has 186 valence electrons. The average Bonchev–Trinajstić information content (AvgIpc) is 3.34. The number of methoxy groups -OCH3 is 2. The molecule has 2 atom stereocenters. The van der Waals surface area contributed by atoms with Crippen LogP contribution < -0.4 is 15.0 Å². The zero-order valence-electron chi connectivity index (χ0n) is 20.5. The van der Waals surface area contributed by atoms with Crippen molar-refractivity contribution in [3.63, 3.8) is 0 Å². The summed E-state index contributed by atoms with van der Waals surface area (Å²) in [7, 11) is 3.36. The highest BCUT2D eigenvalue weighted by molar-refractivity contribution is 7.80. The van der Waals surface area contributed by atoms with Gasteiger partial charge in [0.2, 0.25) is 0 Å². The number of hydrogen-bond donors (Lipinski definition) is 1.